The second-order valence-electron chi connectivity index (χ2n) is 4.11. The van der Waals surface area contributed by atoms with Crippen molar-refractivity contribution in [3.8, 4) is 0 Å². The van der Waals surface area contributed by atoms with Crippen LogP contribution in [-0.2, 0) is 9.59 Å². The lowest BCUT2D eigenvalue weighted by molar-refractivity contribution is -0.135. The highest BCUT2D eigenvalue weighted by Crippen LogP contribution is 2.06. The van der Waals surface area contributed by atoms with Gasteiger partial charge in [0.1, 0.15) is 0 Å². The number of rotatable bonds is 2. The second-order valence-corrected chi connectivity index (χ2v) is 4.11. The molecule has 0 aliphatic carbocycles. The average molecular weight is 213 g/mol. The Bertz CT molecular complexity index is 255. The first-order valence-corrected chi connectivity index (χ1v) is 5.28. The van der Waals surface area contributed by atoms with Gasteiger partial charge in [0, 0.05) is 32.1 Å². The Morgan fingerprint density at radius 2 is 2.13 bits per heavy atom. The van der Waals surface area contributed by atoms with E-state index in [2.05, 4.69) is 10.6 Å². The maximum absolute atomic E-state index is 11.7. The minimum atomic E-state index is -0.167. The fraction of sp³-hybridized carbons (Fsp3) is 0.800. The van der Waals surface area contributed by atoms with Gasteiger partial charge in [0.05, 0.1) is 6.54 Å². The Morgan fingerprint density at radius 1 is 1.47 bits per heavy atom. The minimum Gasteiger partial charge on any atom is -0.347 e. The molecule has 0 bridgehead atoms. The van der Waals surface area contributed by atoms with Crippen molar-refractivity contribution in [1.29, 1.82) is 0 Å². The van der Waals surface area contributed by atoms with Gasteiger partial charge in [-0.3, -0.25) is 9.59 Å². The van der Waals surface area contributed by atoms with Crippen LogP contribution in [0.5, 0.6) is 0 Å². The summed E-state index contributed by atoms with van der Waals surface area (Å²) in [6.07, 6.45) is 0. The largest absolute Gasteiger partial charge is 0.347 e. The monoisotopic (exact) mass is 213 g/mol. The summed E-state index contributed by atoms with van der Waals surface area (Å²) in [7, 11) is 0. The molecule has 1 rings (SSSR count). The van der Waals surface area contributed by atoms with Crippen molar-refractivity contribution in [3.05, 3.63) is 0 Å². The number of hydrogen-bond acceptors (Lipinski definition) is 3. The molecule has 0 aromatic rings. The summed E-state index contributed by atoms with van der Waals surface area (Å²) < 4.78 is 0. The van der Waals surface area contributed by atoms with E-state index >= 15 is 0 Å². The lowest BCUT2D eigenvalue weighted by Gasteiger charge is -2.37. The molecule has 1 aliphatic heterocycles. The molecule has 0 aromatic carbocycles. The van der Waals surface area contributed by atoms with Crippen LogP contribution in [0, 0.1) is 0 Å². The third-order valence-electron chi connectivity index (χ3n) is 2.57. The van der Waals surface area contributed by atoms with Crippen LogP contribution < -0.4 is 10.6 Å². The quantitative estimate of drug-likeness (QED) is 0.639. The van der Waals surface area contributed by atoms with E-state index in [1.165, 1.54) is 6.92 Å². The summed E-state index contributed by atoms with van der Waals surface area (Å²) in [4.78, 5) is 24.2. The van der Waals surface area contributed by atoms with Crippen molar-refractivity contribution in [2.75, 3.05) is 19.6 Å². The molecule has 2 atom stereocenters. The van der Waals surface area contributed by atoms with Crippen LogP contribution in [0.2, 0.25) is 0 Å². The Balaban J connectivity index is 2.45. The van der Waals surface area contributed by atoms with Crippen LogP contribution in [0.4, 0.5) is 0 Å². The summed E-state index contributed by atoms with van der Waals surface area (Å²) in [6.45, 7) is 7.09. The van der Waals surface area contributed by atoms with E-state index in [0.29, 0.717) is 12.6 Å². The standard InChI is InChI=1S/C10H19N3O2/c1-7-6-13(8(2)4-11-7)10(15)5-12-9(3)14/h7-8,11H,4-6H2,1-3H3,(H,12,14). The summed E-state index contributed by atoms with van der Waals surface area (Å²) in [5.74, 6) is -0.176. The van der Waals surface area contributed by atoms with Crippen LogP contribution in [0.15, 0.2) is 0 Å². The number of amides is 2. The van der Waals surface area contributed by atoms with Gasteiger partial charge in [-0.2, -0.15) is 0 Å². The normalized spacial score (nSPS) is 26.2. The number of piperazine rings is 1. The van der Waals surface area contributed by atoms with Gasteiger partial charge in [0.15, 0.2) is 0 Å². The zero-order valence-electron chi connectivity index (χ0n) is 9.54. The molecule has 86 valence electrons. The van der Waals surface area contributed by atoms with E-state index in [4.69, 9.17) is 0 Å². The van der Waals surface area contributed by atoms with Crippen LogP contribution >= 0.6 is 0 Å². The number of hydrogen-bond donors (Lipinski definition) is 2. The number of nitrogens with one attached hydrogen (secondary N) is 2. The van der Waals surface area contributed by atoms with Crippen molar-refractivity contribution < 1.29 is 9.59 Å². The first kappa shape index (κ1) is 12.0. The average Bonchev–Trinajstić information content (AvgIpc) is 2.18. The molecule has 1 aliphatic rings. The highest BCUT2D eigenvalue weighted by atomic mass is 16.2. The van der Waals surface area contributed by atoms with Crippen molar-refractivity contribution in [3.63, 3.8) is 0 Å². The minimum absolute atomic E-state index is 0.00829. The van der Waals surface area contributed by atoms with E-state index in [1.54, 1.807) is 0 Å². The summed E-state index contributed by atoms with van der Waals surface area (Å²) in [6, 6.07) is 0.518. The molecule has 1 saturated heterocycles. The Morgan fingerprint density at radius 3 is 2.73 bits per heavy atom. The molecule has 1 heterocycles. The number of nitrogens with zero attached hydrogens (tertiary/aromatic N) is 1. The Hall–Kier alpha value is -1.10. The maximum Gasteiger partial charge on any atom is 0.242 e. The summed E-state index contributed by atoms with van der Waals surface area (Å²) in [5.41, 5.74) is 0. The van der Waals surface area contributed by atoms with Gasteiger partial charge in [-0.15, -0.1) is 0 Å². The zero-order chi connectivity index (χ0) is 11.4. The van der Waals surface area contributed by atoms with Crippen molar-refractivity contribution >= 4 is 11.8 Å². The SMILES string of the molecule is CC(=O)NCC(=O)N1CC(C)NCC1C. The molecule has 2 unspecified atom stereocenters. The molecule has 2 N–H and O–H groups in total. The van der Waals surface area contributed by atoms with E-state index in [-0.39, 0.29) is 24.4 Å². The Kier molecular flexibility index (Phi) is 4.08. The zero-order valence-corrected chi connectivity index (χ0v) is 9.54. The number of carbonyl (C=O) groups is 2. The Labute approximate surface area is 90.2 Å². The predicted molar refractivity (Wildman–Crippen MR) is 57.3 cm³/mol. The highest BCUT2D eigenvalue weighted by molar-refractivity contribution is 5.84. The molecular weight excluding hydrogens is 194 g/mol. The van der Waals surface area contributed by atoms with E-state index in [9.17, 15) is 9.59 Å². The van der Waals surface area contributed by atoms with Gasteiger partial charge in [-0.25, -0.2) is 0 Å². The fourth-order valence-electron chi connectivity index (χ4n) is 1.67. The molecule has 5 heteroatoms. The second kappa shape index (κ2) is 5.11. The molecule has 0 aromatic heterocycles. The number of carbonyl (C=O) groups excluding carboxylic acids is 2. The van der Waals surface area contributed by atoms with Crippen LogP contribution in [0.3, 0.4) is 0 Å². The van der Waals surface area contributed by atoms with Crippen LogP contribution in [0.1, 0.15) is 20.8 Å². The van der Waals surface area contributed by atoms with Crippen LogP contribution in [-0.4, -0.2) is 48.4 Å². The van der Waals surface area contributed by atoms with Gasteiger partial charge in [0.2, 0.25) is 11.8 Å². The topological polar surface area (TPSA) is 61.4 Å². The van der Waals surface area contributed by atoms with E-state index in [0.717, 1.165) is 6.54 Å². The fourth-order valence-corrected chi connectivity index (χ4v) is 1.67. The molecular formula is C10H19N3O2. The van der Waals surface area contributed by atoms with Gasteiger partial charge in [-0.05, 0) is 13.8 Å². The van der Waals surface area contributed by atoms with E-state index in [1.807, 2.05) is 18.7 Å². The first-order chi connectivity index (χ1) is 7.00. The first-order valence-electron chi connectivity index (χ1n) is 5.28. The van der Waals surface area contributed by atoms with Crippen molar-refractivity contribution in [2.45, 2.75) is 32.9 Å². The van der Waals surface area contributed by atoms with Crippen molar-refractivity contribution in [2.24, 2.45) is 0 Å². The van der Waals surface area contributed by atoms with Crippen molar-refractivity contribution in [1.82, 2.24) is 15.5 Å². The van der Waals surface area contributed by atoms with Gasteiger partial charge < -0.3 is 15.5 Å². The molecule has 15 heavy (non-hydrogen) atoms. The third-order valence-corrected chi connectivity index (χ3v) is 2.57. The van der Waals surface area contributed by atoms with Gasteiger partial charge in [0.25, 0.3) is 0 Å². The molecule has 1 fully saturated rings. The molecule has 0 radical (unpaired) electrons. The molecule has 0 saturated carbocycles. The van der Waals surface area contributed by atoms with Gasteiger partial charge in [-0.1, -0.05) is 0 Å². The van der Waals surface area contributed by atoms with E-state index < -0.39 is 0 Å². The summed E-state index contributed by atoms with van der Waals surface area (Å²) in [5, 5.41) is 5.83. The molecule has 5 nitrogen and oxygen atoms in total. The van der Waals surface area contributed by atoms with Crippen LogP contribution in [0.25, 0.3) is 0 Å². The molecule has 2 amide bonds. The lowest BCUT2D eigenvalue weighted by Crippen LogP contribution is -2.57. The third kappa shape index (κ3) is 3.51. The van der Waals surface area contributed by atoms with Gasteiger partial charge >= 0.3 is 0 Å². The predicted octanol–water partition coefficient (Wildman–Crippen LogP) is -0.669. The molecule has 0 spiro atoms. The summed E-state index contributed by atoms with van der Waals surface area (Å²) >= 11 is 0. The smallest absolute Gasteiger partial charge is 0.242 e. The lowest BCUT2D eigenvalue weighted by atomic mass is 10.1. The maximum atomic E-state index is 11.7. The highest BCUT2D eigenvalue weighted by Gasteiger charge is 2.26.